The van der Waals surface area contributed by atoms with Crippen molar-refractivity contribution < 1.29 is 18.7 Å². The molecule has 0 bridgehead atoms. The van der Waals surface area contributed by atoms with E-state index in [1.54, 1.807) is 17.2 Å². The van der Waals surface area contributed by atoms with Gasteiger partial charge in [-0.05, 0) is 42.9 Å². The van der Waals surface area contributed by atoms with E-state index in [9.17, 15) is 14.0 Å². The number of hydrogen-bond donors (Lipinski definition) is 1. The van der Waals surface area contributed by atoms with Gasteiger partial charge in [-0.1, -0.05) is 25.0 Å². The highest BCUT2D eigenvalue weighted by atomic mass is 19.1. The second kappa shape index (κ2) is 7.03. The number of amides is 2. The monoisotopic (exact) mass is 332 g/mol. The molecule has 1 unspecified atom stereocenters. The molecule has 2 N–H and O–H groups in total. The Bertz CT molecular complexity index is 670. The van der Waals surface area contributed by atoms with Crippen molar-refractivity contribution in [2.24, 2.45) is 11.7 Å². The fraction of sp³-hybridized carbons (Fsp3) is 0.444. The van der Waals surface area contributed by atoms with Crippen LogP contribution in [0.2, 0.25) is 0 Å². The Labute approximate surface area is 140 Å². The number of nitrogens with two attached hydrogens (primary N) is 1. The highest BCUT2D eigenvalue weighted by Gasteiger charge is 2.29. The van der Waals surface area contributed by atoms with Gasteiger partial charge in [-0.2, -0.15) is 0 Å². The van der Waals surface area contributed by atoms with Crippen LogP contribution in [0.4, 0.5) is 9.18 Å². The van der Waals surface area contributed by atoms with E-state index in [1.807, 2.05) is 6.08 Å². The molecule has 1 saturated carbocycles. The van der Waals surface area contributed by atoms with Crippen LogP contribution in [0.1, 0.15) is 50.1 Å². The predicted molar refractivity (Wildman–Crippen MR) is 86.5 cm³/mol. The molecule has 3 rings (SSSR count). The average Bonchev–Trinajstić information content (AvgIpc) is 3.36. The second-order valence-corrected chi connectivity index (χ2v) is 6.37. The summed E-state index contributed by atoms with van der Waals surface area (Å²) in [5.41, 5.74) is 5.73. The van der Waals surface area contributed by atoms with Crippen LogP contribution >= 0.6 is 0 Å². The van der Waals surface area contributed by atoms with E-state index in [4.69, 9.17) is 10.5 Å². The first kappa shape index (κ1) is 16.5. The smallest absolute Gasteiger partial charge is 0.407 e. The Kier molecular flexibility index (Phi) is 4.83. The Morgan fingerprint density at radius 3 is 2.88 bits per heavy atom. The van der Waals surface area contributed by atoms with Gasteiger partial charge in [0.05, 0.1) is 6.04 Å². The number of primary amides is 1. The molecule has 1 aromatic rings. The summed E-state index contributed by atoms with van der Waals surface area (Å²) in [6, 6.07) is 4.16. The minimum atomic E-state index is -1.06. The summed E-state index contributed by atoms with van der Waals surface area (Å²) < 4.78 is 18.5. The van der Waals surface area contributed by atoms with Crippen LogP contribution in [0.3, 0.4) is 0 Å². The first-order chi connectivity index (χ1) is 11.5. The molecule has 1 aliphatic carbocycles. The molecule has 2 amide bonds. The lowest BCUT2D eigenvalue weighted by Crippen LogP contribution is -2.32. The lowest BCUT2D eigenvalue weighted by atomic mass is 9.97. The highest BCUT2D eigenvalue weighted by Crippen LogP contribution is 2.39. The summed E-state index contributed by atoms with van der Waals surface area (Å²) in [6.45, 7) is 0. The zero-order valence-electron chi connectivity index (χ0n) is 13.4. The molecular weight excluding hydrogens is 311 g/mol. The molecule has 0 aromatic heterocycles. The first-order valence-electron chi connectivity index (χ1n) is 8.29. The third kappa shape index (κ3) is 3.93. The van der Waals surface area contributed by atoms with Gasteiger partial charge >= 0.3 is 6.09 Å². The Balaban J connectivity index is 1.88. The van der Waals surface area contributed by atoms with Crippen molar-refractivity contribution in [3.8, 4) is 5.75 Å². The van der Waals surface area contributed by atoms with Crippen LogP contribution in [-0.4, -0.2) is 16.9 Å². The third-order valence-corrected chi connectivity index (χ3v) is 4.51. The average molecular weight is 332 g/mol. The molecule has 1 aromatic carbocycles. The topological polar surface area (TPSA) is 72.6 Å². The molecule has 24 heavy (non-hydrogen) atoms. The number of carbonyl (C=O) groups is 2. The summed E-state index contributed by atoms with van der Waals surface area (Å²) in [7, 11) is 0. The maximum atomic E-state index is 13.8. The number of ether oxygens (including phenoxy) is 1. The standard InChI is InChI=1S/C18H21FN2O3/c19-14-8-7-13(11-16(14)24-18(20)23)15(9-6-12-4-5-12)21-10-2-1-3-17(21)22/h2,7-8,10-12,15H,1,3-6,9H2,(H2,20,23). The Morgan fingerprint density at radius 2 is 2.21 bits per heavy atom. The summed E-state index contributed by atoms with van der Waals surface area (Å²) in [5.74, 6) is -0.0815. The van der Waals surface area contributed by atoms with E-state index >= 15 is 0 Å². The van der Waals surface area contributed by atoms with Crippen molar-refractivity contribution in [3.05, 3.63) is 41.9 Å². The van der Waals surface area contributed by atoms with Crippen LogP contribution in [0.5, 0.6) is 5.75 Å². The number of rotatable bonds is 6. The summed E-state index contributed by atoms with van der Waals surface area (Å²) in [6.07, 6.45) is 8.21. The summed E-state index contributed by atoms with van der Waals surface area (Å²) in [5, 5.41) is 0. The van der Waals surface area contributed by atoms with Crippen LogP contribution in [-0.2, 0) is 4.79 Å². The van der Waals surface area contributed by atoms with Gasteiger partial charge < -0.3 is 15.4 Å². The van der Waals surface area contributed by atoms with Crippen molar-refractivity contribution in [1.29, 1.82) is 0 Å². The number of benzene rings is 1. The normalized spacial score (nSPS) is 18.5. The molecular formula is C18H21FN2O3. The Morgan fingerprint density at radius 1 is 1.42 bits per heavy atom. The zero-order valence-corrected chi connectivity index (χ0v) is 13.4. The molecule has 0 radical (unpaired) electrons. The lowest BCUT2D eigenvalue weighted by molar-refractivity contribution is -0.131. The number of hydrogen-bond acceptors (Lipinski definition) is 3. The first-order valence-corrected chi connectivity index (χ1v) is 8.29. The molecule has 1 fully saturated rings. The number of halogens is 1. The van der Waals surface area contributed by atoms with E-state index in [0.29, 0.717) is 6.42 Å². The maximum Gasteiger partial charge on any atom is 0.410 e. The summed E-state index contributed by atoms with van der Waals surface area (Å²) in [4.78, 5) is 24.9. The quantitative estimate of drug-likeness (QED) is 0.864. The molecule has 1 atom stereocenters. The molecule has 0 saturated heterocycles. The van der Waals surface area contributed by atoms with Gasteiger partial charge in [0.2, 0.25) is 5.91 Å². The highest BCUT2D eigenvalue weighted by molar-refractivity contribution is 5.79. The number of allylic oxidation sites excluding steroid dienone is 1. The van der Waals surface area contributed by atoms with Gasteiger partial charge in [-0.3, -0.25) is 4.79 Å². The molecule has 1 aliphatic heterocycles. The fourth-order valence-corrected chi connectivity index (χ4v) is 3.07. The van der Waals surface area contributed by atoms with Crippen molar-refractivity contribution in [3.63, 3.8) is 0 Å². The van der Waals surface area contributed by atoms with Crippen molar-refractivity contribution in [2.75, 3.05) is 0 Å². The van der Waals surface area contributed by atoms with Gasteiger partial charge in [0.25, 0.3) is 0 Å². The van der Waals surface area contributed by atoms with E-state index in [0.717, 1.165) is 30.7 Å². The molecule has 2 aliphatic rings. The van der Waals surface area contributed by atoms with Crippen LogP contribution in [0, 0.1) is 11.7 Å². The van der Waals surface area contributed by atoms with Crippen molar-refractivity contribution in [2.45, 2.75) is 44.6 Å². The van der Waals surface area contributed by atoms with E-state index in [1.165, 1.54) is 25.0 Å². The minimum absolute atomic E-state index is 0.0555. The maximum absolute atomic E-state index is 13.8. The summed E-state index contributed by atoms with van der Waals surface area (Å²) >= 11 is 0. The van der Waals surface area contributed by atoms with Gasteiger partial charge in [0.1, 0.15) is 0 Å². The predicted octanol–water partition coefficient (Wildman–Crippen LogP) is 3.65. The lowest BCUT2D eigenvalue weighted by Gasteiger charge is -2.31. The van der Waals surface area contributed by atoms with Gasteiger partial charge in [0.15, 0.2) is 11.6 Å². The van der Waals surface area contributed by atoms with Gasteiger partial charge in [-0.25, -0.2) is 9.18 Å². The Hall–Kier alpha value is -2.37. The van der Waals surface area contributed by atoms with Gasteiger partial charge in [-0.15, -0.1) is 0 Å². The number of nitrogens with zero attached hydrogens (tertiary/aromatic N) is 1. The zero-order chi connectivity index (χ0) is 17.1. The second-order valence-electron chi connectivity index (χ2n) is 6.37. The molecule has 128 valence electrons. The number of carbonyl (C=O) groups excluding carboxylic acids is 2. The third-order valence-electron chi connectivity index (χ3n) is 4.51. The molecule has 0 spiro atoms. The molecule has 5 nitrogen and oxygen atoms in total. The van der Waals surface area contributed by atoms with Gasteiger partial charge in [0, 0.05) is 12.6 Å². The van der Waals surface area contributed by atoms with E-state index in [2.05, 4.69) is 0 Å². The van der Waals surface area contributed by atoms with Crippen LogP contribution in [0.25, 0.3) is 0 Å². The van der Waals surface area contributed by atoms with Crippen LogP contribution < -0.4 is 10.5 Å². The SMILES string of the molecule is NC(=O)Oc1cc(C(CCC2CC2)N2C=CCCC2=O)ccc1F. The van der Waals surface area contributed by atoms with Crippen molar-refractivity contribution in [1.82, 2.24) is 4.90 Å². The molecule has 1 heterocycles. The minimum Gasteiger partial charge on any atom is -0.407 e. The molecule has 6 heteroatoms. The largest absolute Gasteiger partial charge is 0.410 e. The van der Waals surface area contributed by atoms with Crippen LogP contribution in [0.15, 0.2) is 30.5 Å². The van der Waals surface area contributed by atoms with E-state index < -0.39 is 11.9 Å². The fourth-order valence-electron chi connectivity index (χ4n) is 3.07. The van der Waals surface area contributed by atoms with Crippen molar-refractivity contribution >= 4 is 12.0 Å². The van der Waals surface area contributed by atoms with E-state index in [-0.39, 0.29) is 17.7 Å².